The van der Waals surface area contributed by atoms with Crippen molar-refractivity contribution in [1.82, 2.24) is 9.97 Å². The van der Waals surface area contributed by atoms with Crippen molar-refractivity contribution in [3.8, 4) is 0 Å². The smallest absolute Gasteiger partial charge is 0.211 e. The average Bonchev–Trinajstić information content (AvgIpc) is 2.47. The van der Waals surface area contributed by atoms with Gasteiger partial charge in [0, 0.05) is 23.3 Å². The molecule has 0 aliphatic carbocycles. The zero-order chi connectivity index (χ0) is 12.4. The van der Waals surface area contributed by atoms with Crippen LogP contribution in [0.5, 0.6) is 0 Å². The molecule has 3 aromatic rings. The molecular weight excluding hydrogens is 224 g/mol. The van der Waals surface area contributed by atoms with Gasteiger partial charge in [0.2, 0.25) is 5.78 Å². The van der Waals surface area contributed by atoms with Gasteiger partial charge in [0.25, 0.3) is 0 Å². The number of carbonyl (C=O) groups is 1. The van der Waals surface area contributed by atoms with Crippen molar-refractivity contribution >= 4 is 16.7 Å². The molecule has 86 valence electrons. The Morgan fingerprint density at radius 2 is 1.78 bits per heavy atom. The summed E-state index contributed by atoms with van der Waals surface area (Å²) in [5.74, 6) is -0.0804. The predicted octanol–water partition coefficient (Wildman–Crippen LogP) is 2.86. The predicted molar refractivity (Wildman–Crippen MR) is 69.4 cm³/mol. The van der Waals surface area contributed by atoms with E-state index in [2.05, 4.69) is 9.97 Å². The number of ketones is 1. The van der Waals surface area contributed by atoms with Gasteiger partial charge >= 0.3 is 0 Å². The van der Waals surface area contributed by atoms with E-state index in [4.69, 9.17) is 0 Å². The van der Waals surface area contributed by atoms with Crippen molar-refractivity contribution < 1.29 is 4.79 Å². The van der Waals surface area contributed by atoms with Crippen LogP contribution in [0.2, 0.25) is 0 Å². The molecule has 0 fully saturated rings. The van der Waals surface area contributed by atoms with Gasteiger partial charge in [0.05, 0.1) is 5.52 Å². The number of benzene rings is 1. The lowest BCUT2D eigenvalue weighted by molar-refractivity contribution is 0.103. The summed E-state index contributed by atoms with van der Waals surface area (Å²) in [6, 6.07) is 14.7. The molecule has 0 radical (unpaired) electrons. The normalized spacial score (nSPS) is 10.4. The van der Waals surface area contributed by atoms with E-state index >= 15 is 0 Å². The zero-order valence-corrected chi connectivity index (χ0v) is 9.58. The van der Waals surface area contributed by atoms with Crippen LogP contribution in [0.4, 0.5) is 0 Å². The lowest BCUT2D eigenvalue weighted by atomic mass is 10.1. The molecule has 0 saturated carbocycles. The molecule has 0 amide bonds. The number of nitrogens with zero attached hydrogens (tertiary/aromatic N) is 2. The molecule has 0 aliphatic heterocycles. The maximum Gasteiger partial charge on any atom is 0.211 e. The molecule has 0 aliphatic rings. The quantitative estimate of drug-likeness (QED) is 0.640. The molecule has 0 N–H and O–H groups in total. The number of hydrogen-bond donors (Lipinski definition) is 0. The summed E-state index contributed by atoms with van der Waals surface area (Å²) >= 11 is 0. The highest BCUT2D eigenvalue weighted by atomic mass is 16.1. The van der Waals surface area contributed by atoms with E-state index in [1.54, 1.807) is 42.7 Å². The monoisotopic (exact) mass is 234 g/mol. The fourth-order valence-corrected chi connectivity index (χ4v) is 1.85. The van der Waals surface area contributed by atoms with Crippen LogP contribution in [-0.4, -0.2) is 15.8 Å². The Bertz CT molecular complexity index is 708. The average molecular weight is 234 g/mol. The Balaban J connectivity index is 2.07. The first kappa shape index (κ1) is 10.6. The van der Waals surface area contributed by atoms with Crippen LogP contribution in [0.3, 0.4) is 0 Å². The first-order valence-corrected chi connectivity index (χ1v) is 5.65. The fraction of sp³-hybridized carbons (Fsp3) is 0. The SMILES string of the molecule is O=C(c1ccc2cccnc2c1)c1ccccn1. The number of hydrogen-bond acceptors (Lipinski definition) is 3. The van der Waals surface area contributed by atoms with Crippen LogP contribution in [0.25, 0.3) is 10.9 Å². The van der Waals surface area contributed by atoms with Crippen molar-refractivity contribution in [2.24, 2.45) is 0 Å². The van der Waals surface area contributed by atoms with Crippen LogP contribution in [-0.2, 0) is 0 Å². The molecule has 1 aromatic carbocycles. The van der Waals surface area contributed by atoms with Crippen molar-refractivity contribution in [3.63, 3.8) is 0 Å². The largest absolute Gasteiger partial charge is 0.287 e. The van der Waals surface area contributed by atoms with Gasteiger partial charge in [-0.1, -0.05) is 24.3 Å². The van der Waals surface area contributed by atoms with Gasteiger partial charge < -0.3 is 0 Å². The highest BCUT2D eigenvalue weighted by Gasteiger charge is 2.10. The highest BCUT2D eigenvalue weighted by molar-refractivity contribution is 6.09. The molecule has 0 atom stereocenters. The Labute approximate surface area is 104 Å². The third kappa shape index (κ3) is 1.86. The van der Waals surface area contributed by atoms with Gasteiger partial charge in [-0.05, 0) is 24.3 Å². The van der Waals surface area contributed by atoms with Gasteiger partial charge in [-0.15, -0.1) is 0 Å². The van der Waals surface area contributed by atoms with Crippen LogP contribution in [0.1, 0.15) is 16.1 Å². The molecule has 3 nitrogen and oxygen atoms in total. The van der Waals surface area contributed by atoms with E-state index in [1.807, 2.05) is 18.2 Å². The molecule has 0 unspecified atom stereocenters. The van der Waals surface area contributed by atoms with Crippen LogP contribution >= 0.6 is 0 Å². The standard InChI is InChI=1S/C15H10N2O/c18-15(13-5-1-2-8-16-13)12-7-6-11-4-3-9-17-14(11)10-12/h1-10H. The van der Waals surface area contributed by atoms with E-state index < -0.39 is 0 Å². The summed E-state index contributed by atoms with van der Waals surface area (Å²) in [6.45, 7) is 0. The minimum absolute atomic E-state index is 0.0804. The van der Waals surface area contributed by atoms with Crippen molar-refractivity contribution in [2.75, 3.05) is 0 Å². The summed E-state index contributed by atoms with van der Waals surface area (Å²) in [4.78, 5) is 20.5. The Morgan fingerprint density at radius 3 is 2.61 bits per heavy atom. The third-order valence-corrected chi connectivity index (χ3v) is 2.77. The topological polar surface area (TPSA) is 42.9 Å². The Kier molecular flexibility index (Phi) is 2.57. The molecule has 0 saturated heterocycles. The van der Waals surface area contributed by atoms with E-state index in [-0.39, 0.29) is 5.78 Å². The second-order valence-corrected chi connectivity index (χ2v) is 3.95. The van der Waals surface area contributed by atoms with E-state index in [0.717, 1.165) is 10.9 Å². The lowest BCUT2D eigenvalue weighted by Gasteiger charge is -2.02. The maximum absolute atomic E-state index is 12.2. The zero-order valence-electron chi connectivity index (χ0n) is 9.58. The number of carbonyl (C=O) groups excluding carboxylic acids is 1. The Hall–Kier alpha value is -2.55. The molecule has 0 bridgehead atoms. The van der Waals surface area contributed by atoms with Gasteiger partial charge in [-0.2, -0.15) is 0 Å². The summed E-state index contributed by atoms with van der Waals surface area (Å²) in [5.41, 5.74) is 1.88. The van der Waals surface area contributed by atoms with Crippen LogP contribution in [0, 0.1) is 0 Å². The van der Waals surface area contributed by atoms with E-state index in [9.17, 15) is 4.79 Å². The second kappa shape index (κ2) is 4.37. The molecule has 0 spiro atoms. The Morgan fingerprint density at radius 1 is 0.889 bits per heavy atom. The van der Waals surface area contributed by atoms with Crippen molar-refractivity contribution in [3.05, 3.63) is 72.2 Å². The first-order valence-electron chi connectivity index (χ1n) is 5.65. The van der Waals surface area contributed by atoms with Crippen LogP contribution in [0.15, 0.2) is 60.9 Å². The van der Waals surface area contributed by atoms with Gasteiger partial charge in [-0.3, -0.25) is 14.8 Å². The molecule has 3 rings (SSSR count). The van der Waals surface area contributed by atoms with Crippen molar-refractivity contribution in [1.29, 1.82) is 0 Å². The summed E-state index contributed by atoms with van der Waals surface area (Å²) in [6.07, 6.45) is 3.34. The van der Waals surface area contributed by atoms with Crippen LogP contribution < -0.4 is 0 Å². The molecule has 2 heterocycles. The summed E-state index contributed by atoms with van der Waals surface area (Å²) in [5, 5.41) is 1.02. The first-order chi connectivity index (χ1) is 8.84. The third-order valence-electron chi connectivity index (χ3n) is 2.77. The lowest BCUT2D eigenvalue weighted by Crippen LogP contribution is -2.03. The van der Waals surface area contributed by atoms with E-state index in [0.29, 0.717) is 11.3 Å². The van der Waals surface area contributed by atoms with Gasteiger partial charge in [0.1, 0.15) is 5.69 Å². The minimum Gasteiger partial charge on any atom is -0.287 e. The van der Waals surface area contributed by atoms with Gasteiger partial charge in [-0.25, -0.2) is 0 Å². The number of pyridine rings is 2. The van der Waals surface area contributed by atoms with Crippen molar-refractivity contribution in [2.45, 2.75) is 0 Å². The molecule has 2 aromatic heterocycles. The fourth-order valence-electron chi connectivity index (χ4n) is 1.85. The van der Waals surface area contributed by atoms with Gasteiger partial charge in [0.15, 0.2) is 0 Å². The number of fused-ring (bicyclic) bond motifs is 1. The minimum atomic E-state index is -0.0804. The molecule has 3 heteroatoms. The summed E-state index contributed by atoms with van der Waals surface area (Å²) in [7, 11) is 0. The number of rotatable bonds is 2. The molecular formula is C15H10N2O. The summed E-state index contributed by atoms with van der Waals surface area (Å²) < 4.78 is 0. The maximum atomic E-state index is 12.2. The highest BCUT2D eigenvalue weighted by Crippen LogP contribution is 2.15. The number of aromatic nitrogens is 2. The van der Waals surface area contributed by atoms with E-state index in [1.165, 1.54) is 0 Å². The second-order valence-electron chi connectivity index (χ2n) is 3.95. The molecule has 18 heavy (non-hydrogen) atoms.